The molecule has 0 fully saturated rings. The molecule has 0 rings (SSSR count). The molecule has 0 aliphatic rings. The summed E-state index contributed by atoms with van der Waals surface area (Å²) in [6, 6.07) is 0. The van der Waals surface area contributed by atoms with Crippen molar-refractivity contribution in [2.45, 2.75) is 6.92 Å². The quantitative estimate of drug-likeness (QED) is 0.538. The van der Waals surface area contributed by atoms with E-state index in [1.807, 2.05) is 0 Å². The predicted molar refractivity (Wildman–Crippen MR) is 33.8 cm³/mol. The molecule has 4 nitrogen and oxygen atoms in total. The molecule has 0 heterocycles. The van der Waals surface area contributed by atoms with Crippen molar-refractivity contribution in [3.63, 3.8) is 0 Å². The SMILES string of the molecule is CCOC(=O)N(C)CN. The minimum Gasteiger partial charge on any atom is -0.450 e. The number of carbonyl (C=O) groups excluding carboxylic acids is 1. The molecule has 4 heteroatoms. The summed E-state index contributed by atoms with van der Waals surface area (Å²) in [6.07, 6.45) is -0.375. The minimum absolute atomic E-state index is 0.193. The van der Waals surface area contributed by atoms with Crippen LogP contribution in [0.3, 0.4) is 0 Å². The first kappa shape index (κ1) is 8.23. The maximum atomic E-state index is 10.6. The largest absolute Gasteiger partial charge is 0.450 e. The molecular weight excluding hydrogens is 120 g/mol. The number of nitrogens with zero attached hydrogens (tertiary/aromatic N) is 1. The second-order valence-electron chi connectivity index (χ2n) is 1.58. The smallest absolute Gasteiger partial charge is 0.410 e. The number of hydrogen-bond donors (Lipinski definition) is 1. The first-order chi connectivity index (χ1) is 4.22. The van der Waals surface area contributed by atoms with E-state index in [1.54, 1.807) is 14.0 Å². The zero-order valence-electron chi connectivity index (χ0n) is 5.76. The van der Waals surface area contributed by atoms with Crippen molar-refractivity contribution < 1.29 is 9.53 Å². The lowest BCUT2D eigenvalue weighted by Crippen LogP contribution is -2.32. The standard InChI is InChI=1S/C5H12N2O2/c1-3-9-5(8)7(2)4-6/h3-4,6H2,1-2H3. The van der Waals surface area contributed by atoms with E-state index >= 15 is 0 Å². The summed E-state index contributed by atoms with van der Waals surface area (Å²) >= 11 is 0. The van der Waals surface area contributed by atoms with Crippen molar-refractivity contribution >= 4 is 6.09 Å². The Kier molecular flexibility index (Phi) is 3.79. The predicted octanol–water partition coefficient (Wildman–Crippen LogP) is -0.00910. The number of amides is 1. The van der Waals surface area contributed by atoms with Crippen molar-refractivity contribution in [1.82, 2.24) is 4.90 Å². The van der Waals surface area contributed by atoms with Gasteiger partial charge in [0.05, 0.1) is 13.3 Å². The average Bonchev–Trinajstić information content (AvgIpc) is 1.87. The molecule has 0 atom stereocenters. The van der Waals surface area contributed by atoms with Gasteiger partial charge in [0.1, 0.15) is 0 Å². The van der Waals surface area contributed by atoms with E-state index in [1.165, 1.54) is 4.90 Å². The molecule has 0 saturated carbocycles. The first-order valence-electron chi connectivity index (χ1n) is 2.80. The highest BCUT2D eigenvalue weighted by molar-refractivity contribution is 5.66. The van der Waals surface area contributed by atoms with E-state index in [2.05, 4.69) is 4.74 Å². The fourth-order valence-corrected chi connectivity index (χ4v) is 0.308. The second-order valence-corrected chi connectivity index (χ2v) is 1.58. The summed E-state index contributed by atoms with van der Waals surface area (Å²) in [5.74, 6) is 0. The van der Waals surface area contributed by atoms with Crippen LogP contribution < -0.4 is 5.73 Å². The van der Waals surface area contributed by atoms with Crippen LogP contribution in [0.5, 0.6) is 0 Å². The van der Waals surface area contributed by atoms with Crippen molar-refractivity contribution in [2.24, 2.45) is 5.73 Å². The van der Waals surface area contributed by atoms with Crippen LogP contribution in [0.2, 0.25) is 0 Å². The number of carbonyl (C=O) groups is 1. The Morgan fingerprint density at radius 1 is 1.78 bits per heavy atom. The lowest BCUT2D eigenvalue weighted by molar-refractivity contribution is 0.117. The third-order valence-electron chi connectivity index (χ3n) is 0.853. The van der Waals surface area contributed by atoms with Crippen molar-refractivity contribution in [2.75, 3.05) is 20.3 Å². The Bertz CT molecular complexity index is 95.0. The van der Waals surface area contributed by atoms with E-state index in [0.717, 1.165) is 0 Å². The Morgan fingerprint density at radius 3 is 2.67 bits per heavy atom. The third kappa shape index (κ3) is 2.92. The molecule has 0 unspecified atom stereocenters. The number of hydrogen-bond acceptors (Lipinski definition) is 3. The molecule has 54 valence electrons. The van der Waals surface area contributed by atoms with Gasteiger partial charge in [0.25, 0.3) is 0 Å². The van der Waals surface area contributed by atoms with Crippen molar-refractivity contribution in [3.8, 4) is 0 Å². The fraction of sp³-hybridized carbons (Fsp3) is 0.800. The second kappa shape index (κ2) is 4.14. The molecule has 0 aromatic carbocycles. The van der Waals surface area contributed by atoms with Gasteiger partial charge in [-0.2, -0.15) is 0 Å². The Balaban J connectivity index is 3.46. The van der Waals surface area contributed by atoms with Crippen LogP contribution in [0.1, 0.15) is 6.92 Å². The lowest BCUT2D eigenvalue weighted by Gasteiger charge is -2.12. The van der Waals surface area contributed by atoms with Gasteiger partial charge in [-0.15, -0.1) is 0 Å². The molecule has 0 aliphatic carbocycles. The van der Waals surface area contributed by atoms with Gasteiger partial charge in [0.15, 0.2) is 0 Å². The van der Waals surface area contributed by atoms with E-state index in [0.29, 0.717) is 6.61 Å². The van der Waals surface area contributed by atoms with Crippen LogP contribution in [-0.4, -0.2) is 31.3 Å². The Morgan fingerprint density at radius 2 is 2.33 bits per heavy atom. The van der Waals surface area contributed by atoms with Gasteiger partial charge in [0.2, 0.25) is 0 Å². The molecule has 2 N–H and O–H groups in total. The summed E-state index contributed by atoms with van der Waals surface area (Å²) in [4.78, 5) is 11.9. The number of ether oxygens (including phenoxy) is 1. The van der Waals surface area contributed by atoms with Gasteiger partial charge in [-0.3, -0.25) is 4.90 Å². The van der Waals surface area contributed by atoms with Crippen LogP contribution in [-0.2, 0) is 4.74 Å². The molecule has 0 bridgehead atoms. The van der Waals surface area contributed by atoms with Gasteiger partial charge < -0.3 is 10.5 Å². The maximum absolute atomic E-state index is 10.6. The summed E-state index contributed by atoms with van der Waals surface area (Å²) in [6.45, 7) is 2.34. The Labute approximate surface area is 54.6 Å². The average molecular weight is 132 g/mol. The molecule has 9 heavy (non-hydrogen) atoms. The van der Waals surface area contributed by atoms with Gasteiger partial charge in [-0.1, -0.05) is 0 Å². The monoisotopic (exact) mass is 132 g/mol. The van der Waals surface area contributed by atoms with Gasteiger partial charge in [0, 0.05) is 7.05 Å². The molecule has 0 aromatic heterocycles. The van der Waals surface area contributed by atoms with Gasteiger partial charge in [-0.25, -0.2) is 4.79 Å². The van der Waals surface area contributed by atoms with Crippen LogP contribution in [0.4, 0.5) is 4.79 Å². The minimum atomic E-state index is -0.375. The molecular formula is C5H12N2O2. The molecule has 0 aromatic rings. The number of rotatable bonds is 2. The number of nitrogens with two attached hydrogens (primary N) is 1. The van der Waals surface area contributed by atoms with Crippen LogP contribution >= 0.6 is 0 Å². The molecule has 0 radical (unpaired) electrons. The van der Waals surface area contributed by atoms with Gasteiger partial charge >= 0.3 is 6.09 Å². The summed E-state index contributed by atoms with van der Waals surface area (Å²) in [5, 5.41) is 0. The first-order valence-corrected chi connectivity index (χ1v) is 2.80. The van der Waals surface area contributed by atoms with Crippen molar-refractivity contribution in [3.05, 3.63) is 0 Å². The van der Waals surface area contributed by atoms with Crippen LogP contribution in [0, 0.1) is 0 Å². The summed E-state index contributed by atoms with van der Waals surface area (Å²) in [5.41, 5.74) is 5.13. The summed E-state index contributed by atoms with van der Waals surface area (Å²) < 4.78 is 4.60. The highest BCUT2D eigenvalue weighted by atomic mass is 16.6. The Hall–Kier alpha value is -0.770. The fourth-order valence-electron chi connectivity index (χ4n) is 0.308. The molecule has 0 aliphatic heterocycles. The molecule has 0 spiro atoms. The summed E-state index contributed by atoms with van der Waals surface area (Å²) in [7, 11) is 1.58. The lowest BCUT2D eigenvalue weighted by atomic mass is 10.8. The van der Waals surface area contributed by atoms with E-state index in [-0.39, 0.29) is 12.8 Å². The zero-order valence-corrected chi connectivity index (χ0v) is 5.76. The maximum Gasteiger partial charge on any atom is 0.410 e. The van der Waals surface area contributed by atoms with Crippen LogP contribution in [0.25, 0.3) is 0 Å². The van der Waals surface area contributed by atoms with E-state index in [9.17, 15) is 4.79 Å². The van der Waals surface area contributed by atoms with Crippen LogP contribution in [0.15, 0.2) is 0 Å². The van der Waals surface area contributed by atoms with Gasteiger partial charge in [-0.05, 0) is 6.92 Å². The third-order valence-corrected chi connectivity index (χ3v) is 0.853. The normalized spacial score (nSPS) is 8.78. The highest BCUT2D eigenvalue weighted by Crippen LogP contribution is 1.84. The zero-order chi connectivity index (χ0) is 7.28. The van der Waals surface area contributed by atoms with Crippen molar-refractivity contribution in [1.29, 1.82) is 0 Å². The molecule has 1 amide bonds. The van der Waals surface area contributed by atoms with E-state index in [4.69, 9.17) is 5.73 Å². The topological polar surface area (TPSA) is 55.6 Å². The van der Waals surface area contributed by atoms with E-state index < -0.39 is 0 Å². The highest BCUT2D eigenvalue weighted by Gasteiger charge is 2.04. The molecule has 0 saturated heterocycles.